The molecule has 2 atom stereocenters. The Hall–Kier alpha value is -1.22. The molecule has 7 nitrogen and oxygen atoms in total. The van der Waals surface area contributed by atoms with Crippen molar-refractivity contribution in [3.8, 4) is 0 Å². The number of nitro benzene ring substituents is 1. The fourth-order valence-electron chi connectivity index (χ4n) is 2.53. The molecule has 0 aliphatic carbocycles. The second-order valence-corrected chi connectivity index (χ2v) is 7.12. The van der Waals surface area contributed by atoms with Gasteiger partial charge in [-0.25, -0.2) is 13.1 Å². The van der Waals surface area contributed by atoms with E-state index in [2.05, 4.69) is 10.0 Å². The van der Waals surface area contributed by atoms with Crippen LogP contribution in [0.3, 0.4) is 0 Å². The molecule has 1 aromatic carbocycles. The highest BCUT2D eigenvalue weighted by Crippen LogP contribution is 2.22. The van der Waals surface area contributed by atoms with E-state index in [1.807, 2.05) is 6.92 Å². The molecule has 0 spiro atoms. The molecule has 2 unspecified atom stereocenters. The summed E-state index contributed by atoms with van der Waals surface area (Å²) in [6.45, 7) is 4.31. The number of hydrogen-bond acceptors (Lipinski definition) is 5. The maximum absolute atomic E-state index is 12.3. The summed E-state index contributed by atoms with van der Waals surface area (Å²) >= 11 is 0. The Bertz CT molecular complexity index is 651. The first-order chi connectivity index (χ1) is 9.79. The van der Waals surface area contributed by atoms with Gasteiger partial charge in [0.1, 0.15) is 0 Å². The lowest BCUT2D eigenvalue weighted by Crippen LogP contribution is -2.46. The number of halogens is 1. The Labute approximate surface area is 136 Å². The number of hydrogen-bond donors (Lipinski definition) is 2. The van der Waals surface area contributed by atoms with Crippen molar-refractivity contribution in [1.29, 1.82) is 0 Å². The lowest BCUT2D eigenvalue weighted by molar-refractivity contribution is -0.385. The molecule has 0 saturated carbocycles. The maximum atomic E-state index is 12.3. The van der Waals surface area contributed by atoms with Crippen LogP contribution in [0.15, 0.2) is 23.1 Å². The Morgan fingerprint density at radius 2 is 2.09 bits per heavy atom. The summed E-state index contributed by atoms with van der Waals surface area (Å²) in [5, 5.41) is 14.0. The minimum absolute atomic E-state index is 0. The van der Waals surface area contributed by atoms with Gasteiger partial charge in [0, 0.05) is 23.7 Å². The van der Waals surface area contributed by atoms with Crippen molar-refractivity contribution in [3.05, 3.63) is 33.9 Å². The second-order valence-electron chi connectivity index (χ2n) is 5.40. The molecule has 2 N–H and O–H groups in total. The van der Waals surface area contributed by atoms with Gasteiger partial charge >= 0.3 is 0 Å². The first-order valence-corrected chi connectivity index (χ1v) is 8.28. The Morgan fingerprint density at radius 3 is 2.64 bits per heavy atom. The molecular weight excluding hydrogens is 330 g/mol. The zero-order chi connectivity index (χ0) is 15.6. The monoisotopic (exact) mass is 349 g/mol. The van der Waals surface area contributed by atoms with E-state index in [1.54, 1.807) is 0 Å². The van der Waals surface area contributed by atoms with E-state index < -0.39 is 14.9 Å². The quantitative estimate of drug-likeness (QED) is 0.637. The van der Waals surface area contributed by atoms with Gasteiger partial charge in [-0.2, -0.15) is 0 Å². The molecule has 1 saturated heterocycles. The van der Waals surface area contributed by atoms with Crippen molar-refractivity contribution in [2.24, 2.45) is 0 Å². The smallest absolute Gasteiger partial charge is 0.272 e. The van der Waals surface area contributed by atoms with Crippen LogP contribution < -0.4 is 10.0 Å². The summed E-state index contributed by atoms with van der Waals surface area (Å²) in [7, 11) is -3.65. The topological polar surface area (TPSA) is 101 Å². The van der Waals surface area contributed by atoms with E-state index in [-0.39, 0.29) is 35.1 Å². The molecule has 0 amide bonds. The van der Waals surface area contributed by atoms with Crippen LogP contribution in [0.4, 0.5) is 5.69 Å². The molecule has 9 heteroatoms. The van der Waals surface area contributed by atoms with E-state index >= 15 is 0 Å². The van der Waals surface area contributed by atoms with Crippen LogP contribution in [0.5, 0.6) is 0 Å². The van der Waals surface area contributed by atoms with Gasteiger partial charge < -0.3 is 5.32 Å². The number of piperidine rings is 1. The largest absolute Gasteiger partial charge is 0.314 e. The predicted octanol–water partition coefficient (Wildman–Crippen LogP) is 1.74. The molecule has 1 aliphatic heterocycles. The number of aryl methyl sites for hydroxylation is 1. The van der Waals surface area contributed by atoms with Crippen LogP contribution >= 0.6 is 12.4 Å². The van der Waals surface area contributed by atoms with Crippen molar-refractivity contribution < 1.29 is 13.3 Å². The molecule has 0 bridgehead atoms. The molecule has 1 aromatic rings. The van der Waals surface area contributed by atoms with Crippen LogP contribution in [0.2, 0.25) is 0 Å². The summed E-state index contributed by atoms with van der Waals surface area (Å²) in [6.07, 6.45) is 1.46. The van der Waals surface area contributed by atoms with Crippen LogP contribution in [-0.4, -0.2) is 32.0 Å². The van der Waals surface area contributed by atoms with Gasteiger partial charge in [-0.1, -0.05) is 0 Å². The SMILES string of the molecule is Cc1cc(S(=O)(=O)NC2CCNC(C)C2)ccc1[N+](=O)[O-].Cl. The molecule has 1 fully saturated rings. The lowest BCUT2D eigenvalue weighted by Gasteiger charge is -2.28. The van der Waals surface area contributed by atoms with Gasteiger partial charge in [-0.05, 0) is 45.4 Å². The number of benzene rings is 1. The first-order valence-electron chi connectivity index (χ1n) is 6.80. The Kier molecular flexibility index (Phi) is 6.30. The molecule has 1 heterocycles. The molecule has 22 heavy (non-hydrogen) atoms. The number of rotatable bonds is 4. The average molecular weight is 350 g/mol. The van der Waals surface area contributed by atoms with Crippen LogP contribution in [0.1, 0.15) is 25.3 Å². The first kappa shape index (κ1) is 18.8. The summed E-state index contributed by atoms with van der Waals surface area (Å²) in [4.78, 5) is 10.3. The van der Waals surface area contributed by atoms with Crippen molar-refractivity contribution in [3.63, 3.8) is 0 Å². The maximum Gasteiger partial charge on any atom is 0.272 e. The highest BCUT2D eigenvalue weighted by atomic mass is 35.5. The van der Waals surface area contributed by atoms with Gasteiger partial charge in [0.2, 0.25) is 10.0 Å². The third-order valence-electron chi connectivity index (χ3n) is 3.62. The van der Waals surface area contributed by atoms with E-state index in [9.17, 15) is 18.5 Å². The summed E-state index contributed by atoms with van der Waals surface area (Å²) in [5.41, 5.74) is 0.256. The van der Waals surface area contributed by atoms with Crippen LogP contribution in [-0.2, 0) is 10.0 Å². The van der Waals surface area contributed by atoms with Gasteiger partial charge in [0.05, 0.1) is 9.82 Å². The van der Waals surface area contributed by atoms with Crippen molar-refractivity contribution in [1.82, 2.24) is 10.0 Å². The third kappa shape index (κ3) is 4.39. The highest BCUT2D eigenvalue weighted by Gasteiger charge is 2.25. The van der Waals surface area contributed by atoms with Crippen molar-refractivity contribution in [2.75, 3.05) is 6.54 Å². The number of nitro groups is 1. The normalized spacial score (nSPS) is 21.9. The van der Waals surface area contributed by atoms with E-state index in [1.165, 1.54) is 25.1 Å². The predicted molar refractivity (Wildman–Crippen MR) is 85.9 cm³/mol. The van der Waals surface area contributed by atoms with E-state index in [0.29, 0.717) is 5.56 Å². The summed E-state index contributed by atoms with van der Waals surface area (Å²) < 4.78 is 27.4. The average Bonchev–Trinajstić information content (AvgIpc) is 2.37. The summed E-state index contributed by atoms with van der Waals surface area (Å²) in [6, 6.07) is 4.00. The van der Waals surface area contributed by atoms with Crippen LogP contribution in [0.25, 0.3) is 0 Å². The molecule has 0 aromatic heterocycles. The van der Waals surface area contributed by atoms with Gasteiger partial charge in [-0.15, -0.1) is 12.4 Å². The van der Waals surface area contributed by atoms with Gasteiger partial charge in [0.15, 0.2) is 0 Å². The fraction of sp³-hybridized carbons (Fsp3) is 0.538. The zero-order valence-electron chi connectivity index (χ0n) is 12.4. The number of sulfonamides is 1. The Balaban J connectivity index is 0.00000242. The molecular formula is C13H20ClN3O4S. The zero-order valence-corrected chi connectivity index (χ0v) is 14.0. The van der Waals surface area contributed by atoms with Gasteiger partial charge in [-0.3, -0.25) is 10.1 Å². The fourth-order valence-corrected chi connectivity index (χ4v) is 3.89. The van der Waals surface area contributed by atoms with E-state index in [0.717, 1.165) is 19.4 Å². The van der Waals surface area contributed by atoms with Crippen molar-refractivity contribution in [2.45, 2.75) is 43.7 Å². The van der Waals surface area contributed by atoms with Crippen LogP contribution in [0, 0.1) is 17.0 Å². The van der Waals surface area contributed by atoms with Gasteiger partial charge in [0.25, 0.3) is 5.69 Å². The van der Waals surface area contributed by atoms with E-state index in [4.69, 9.17) is 0 Å². The minimum atomic E-state index is -3.65. The molecule has 1 aliphatic rings. The summed E-state index contributed by atoms with van der Waals surface area (Å²) in [5.74, 6) is 0. The second kappa shape index (κ2) is 7.36. The standard InChI is InChI=1S/C13H19N3O4S.ClH/c1-9-7-12(3-4-13(9)16(17)18)21(19,20)15-11-5-6-14-10(2)8-11;/h3-4,7,10-11,14-15H,5-6,8H2,1-2H3;1H. The van der Waals surface area contributed by atoms with Crippen molar-refractivity contribution >= 4 is 28.1 Å². The number of nitrogens with one attached hydrogen (secondary N) is 2. The Morgan fingerprint density at radius 1 is 1.41 bits per heavy atom. The molecule has 124 valence electrons. The third-order valence-corrected chi connectivity index (χ3v) is 5.14. The minimum Gasteiger partial charge on any atom is -0.314 e. The highest BCUT2D eigenvalue weighted by molar-refractivity contribution is 7.89. The molecule has 0 radical (unpaired) electrons. The number of nitrogens with zero attached hydrogens (tertiary/aromatic N) is 1. The molecule has 2 rings (SSSR count). The lowest BCUT2D eigenvalue weighted by atomic mass is 10.0.